The largest absolute Gasteiger partial charge is 0.393 e. The van der Waals surface area contributed by atoms with E-state index in [9.17, 15) is 4.79 Å². The van der Waals surface area contributed by atoms with Crippen LogP contribution in [0.1, 0.15) is 0 Å². The van der Waals surface area contributed by atoms with Gasteiger partial charge in [0.15, 0.2) is 6.10 Å². The Balaban J connectivity index is 3.82. The maximum Gasteiger partial charge on any atom is 0.279 e. The summed E-state index contributed by atoms with van der Waals surface area (Å²) in [5, 5.41) is 33.1. The first kappa shape index (κ1) is 9.31. The lowest BCUT2D eigenvalue weighted by Gasteiger charge is -2.13. The zero-order valence-corrected chi connectivity index (χ0v) is 5.14. The highest BCUT2D eigenvalue weighted by Crippen LogP contribution is 1.88. The Labute approximate surface area is 56.9 Å². The predicted molar refractivity (Wildman–Crippen MR) is 28.8 cm³/mol. The van der Waals surface area contributed by atoms with Crippen molar-refractivity contribution >= 4 is 5.91 Å². The summed E-state index contributed by atoms with van der Waals surface area (Å²) in [6, 6.07) is 0. The summed E-state index contributed by atoms with van der Waals surface area (Å²) < 4.78 is 0. The average Bonchev–Trinajstić information content (AvgIpc) is 2.00. The number of rotatable bonds is 3. The van der Waals surface area contributed by atoms with Crippen LogP contribution in [0.5, 0.6) is 0 Å². The zero-order chi connectivity index (χ0) is 8.15. The summed E-state index contributed by atoms with van der Waals surface area (Å²) in [6.07, 6.45) is -1.67. The van der Waals surface area contributed by atoms with Gasteiger partial charge in [0.25, 0.3) is 5.91 Å². The third kappa shape index (κ3) is 2.28. The second-order valence-corrected chi connectivity index (χ2v) is 1.58. The van der Waals surface area contributed by atoms with Gasteiger partial charge in [-0.2, -0.15) is 5.06 Å². The normalized spacial score (nSPS) is 12.8. The predicted octanol–water partition coefficient (Wildman–Crippen LogP) is -2.49. The van der Waals surface area contributed by atoms with Gasteiger partial charge in [-0.3, -0.25) is 10.0 Å². The van der Waals surface area contributed by atoms with Crippen LogP contribution in [-0.4, -0.2) is 50.9 Å². The van der Waals surface area contributed by atoms with E-state index in [4.69, 9.17) is 20.5 Å². The smallest absolute Gasteiger partial charge is 0.279 e. The molecule has 0 saturated carbocycles. The molecule has 60 valence electrons. The molecule has 0 rings (SSSR count). The van der Waals surface area contributed by atoms with Gasteiger partial charge in [-0.15, -0.1) is 0 Å². The van der Waals surface area contributed by atoms with Gasteiger partial charge in [-0.1, -0.05) is 0 Å². The van der Waals surface area contributed by atoms with Gasteiger partial charge < -0.3 is 15.3 Å². The van der Waals surface area contributed by atoms with Crippen LogP contribution in [-0.2, 0) is 4.79 Å². The molecule has 0 aromatic rings. The second kappa shape index (κ2) is 4.18. The van der Waals surface area contributed by atoms with Crippen molar-refractivity contribution in [3.8, 4) is 0 Å². The Morgan fingerprint density at radius 1 is 1.50 bits per heavy atom. The fourth-order valence-electron chi connectivity index (χ4n) is 0.320. The summed E-state index contributed by atoms with van der Waals surface area (Å²) in [5.74, 6) is -1.13. The molecule has 6 nitrogen and oxygen atoms in total. The summed E-state index contributed by atoms with van der Waals surface area (Å²) in [6.45, 7) is -1.69. The minimum atomic E-state index is -1.67. The van der Waals surface area contributed by atoms with Gasteiger partial charge in [-0.05, 0) is 0 Å². The Morgan fingerprint density at radius 3 is 2.30 bits per heavy atom. The van der Waals surface area contributed by atoms with Gasteiger partial charge in [0.2, 0.25) is 0 Å². The van der Waals surface area contributed by atoms with Crippen molar-refractivity contribution < 1.29 is 25.3 Å². The minimum absolute atomic E-state index is 0.0963. The molecule has 0 spiro atoms. The number of aliphatic hydroxyl groups is 3. The number of carbonyl (C=O) groups excluding carboxylic acids is 1. The van der Waals surface area contributed by atoms with E-state index in [1.807, 2.05) is 0 Å². The number of aliphatic hydroxyl groups excluding tert-OH is 3. The summed E-state index contributed by atoms with van der Waals surface area (Å²) >= 11 is 0. The molecule has 0 fully saturated rings. The van der Waals surface area contributed by atoms with Crippen LogP contribution >= 0.6 is 0 Å². The van der Waals surface area contributed by atoms with Crippen molar-refractivity contribution in [1.82, 2.24) is 5.06 Å². The number of hydrogen-bond donors (Lipinski definition) is 4. The van der Waals surface area contributed by atoms with Gasteiger partial charge in [0.05, 0.1) is 6.61 Å². The number of hydroxylamine groups is 2. The standard InChI is InChI=1S/C4H9NO5/c6-1-3(8)4(9)5(10)2-7/h3,6-8,10H,1-2H2/t3-/m0/s1. The van der Waals surface area contributed by atoms with Crippen molar-refractivity contribution in [2.45, 2.75) is 6.10 Å². The summed E-state index contributed by atoms with van der Waals surface area (Å²) in [5.41, 5.74) is 0. The molecule has 0 saturated heterocycles. The highest BCUT2D eigenvalue weighted by atomic mass is 16.5. The zero-order valence-electron chi connectivity index (χ0n) is 5.14. The first-order valence-electron chi connectivity index (χ1n) is 2.53. The molecular formula is C4H9NO5. The van der Waals surface area contributed by atoms with E-state index < -0.39 is 25.3 Å². The van der Waals surface area contributed by atoms with Crippen molar-refractivity contribution in [3.63, 3.8) is 0 Å². The monoisotopic (exact) mass is 151 g/mol. The summed E-state index contributed by atoms with van der Waals surface area (Å²) in [4.78, 5) is 10.4. The van der Waals surface area contributed by atoms with Crippen molar-refractivity contribution in [2.24, 2.45) is 0 Å². The van der Waals surface area contributed by atoms with Crippen molar-refractivity contribution in [1.29, 1.82) is 0 Å². The van der Waals surface area contributed by atoms with Crippen LogP contribution in [0.15, 0.2) is 0 Å². The minimum Gasteiger partial charge on any atom is -0.393 e. The van der Waals surface area contributed by atoms with E-state index in [0.29, 0.717) is 0 Å². The quantitative estimate of drug-likeness (QED) is 0.203. The molecule has 0 aromatic heterocycles. The van der Waals surface area contributed by atoms with Crippen molar-refractivity contribution in [3.05, 3.63) is 0 Å². The Bertz CT molecular complexity index is 104. The van der Waals surface area contributed by atoms with Gasteiger partial charge in [0, 0.05) is 0 Å². The summed E-state index contributed by atoms with van der Waals surface area (Å²) in [7, 11) is 0. The Kier molecular flexibility index (Phi) is 3.89. The van der Waals surface area contributed by atoms with Crippen molar-refractivity contribution in [2.75, 3.05) is 13.3 Å². The molecule has 1 atom stereocenters. The SMILES string of the molecule is O=C([C@@H](O)CO)N(O)CO. The molecular weight excluding hydrogens is 142 g/mol. The third-order valence-electron chi connectivity index (χ3n) is 0.846. The number of hydrogen-bond acceptors (Lipinski definition) is 5. The number of carbonyl (C=O) groups is 1. The van der Waals surface area contributed by atoms with Crippen LogP contribution in [0, 0.1) is 0 Å². The number of nitrogens with zero attached hydrogens (tertiary/aromatic N) is 1. The van der Waals surface area contributed by atoms with Gasteiger partial charge in [0.1, 0.15) is 6.73 Å². The lowest BCUT2D eigenvalue weighted by atomic mass is 10.3. The molecule has 0 bridgehead atoms. The van der Waals surface area contributed by atoms with Crippen LogP contribution in [0.2, 0.25) is 0 Å². The third-order valence-corrected chi connectivity index (χ3v) is 0.846. The molecule has 1 amide bonds. The van der Waals surface area contributed by atoms with E-state index in [1.54, 1.807) is 0 Å². The van der Waals surface area contributed by atoms with Gasteiger partial charge >= 0.3 is 0 Å². The highest BCUT2D eigenvalue weighted by Gasteiger charge is 2.18. The van der Waals surface area contributed by atoms with E-state index in [1.165, 1.54) is 0 Å². The maximum atomic E-state index is 10.4. The van der Waals surface area contributed by atoms with Crippen LogP contribution in [0.4, 0.5) is 0 Å². The topological polar surface area (TPSA) is 101 Å². The average molecular weight is 151 g/mol. The molecule has 0 heterocycles. The molecule has 0 aliphatic rings. The number of amides is 1. The van der Waals surface area contributed by atoms with E-state index in [2.05, 4.69) is 0 Å². The Hall–Kier alpha value is -0.690. The maximum absolute atomic E-state index is 10.4. The van der Waals surface area contributed by atoms with Crippen LogP contribution in [0.3, 0.4) is 0 Å². The molecule has 0 aromatic carbocycles. The molecule has 0 unspecified atom stereocenters. The van der Waals surface area contributed by atoms with Crippen LogP contribution in [0.25, 0.3) is 0 Å². The first-order valence-corrected chi connectivity index (χ1v) is 2.53. The Morgan fingerprint density at radius 2 is 2.00 bits per heavy atom. The molecule has 4 N–H and O–H groups in total. The highest BCUT2D eigenvalue weighted by molar-refractivity contribution is 5.79. The molecule has 0 radical (unpaired) electrons. The lowest BCUT2D eigenvalue weighted by molar-refractivity contribution is -0.190. The molecule has 0 aliphatic heterocycles. The van der Waals surface area contributed by atoms with Crippen LogP contribution < -0.4 is 0 Å². The molecule has 6 heteroatoms. The molecule has 0 aliphatic carbocycles. The molecule has 10 heavy (non-hydrogen) atoms. The fraction of sp³-hybridized carbons (Fsp3) is 0.750. The fourth-order valence-corrected chi connectivity index (χ4v) is 0.320. The van der Waals surface area contributed by atoms with Gasteiger partial charge in [-0.25, -0.2) is 0 Å². The van der Waals surface area contributed by atoms with E-state index in [0.717, 1.165) is 0 Å². The van der Waals surface area contributed by atoms with E-state index in [-0.39, 0.29) is 5.06 Å². The second-order valence-electron chi connectivity index (χ2n) is 1.58. The lowest BCUT2D eigenvalue weighted by Crippen LogP contribution is -2.39. The van der Waals surface area contributed by atoms with E-state index >= 15 is 0 Å². The first-order chi connectivity index (χ1) is 4.63.